The van der Waals surface area contributed by atoms with Gasteiger partial charge in [-0.2, -0.15) is 10.2 Å². The lowest BCUT2D eigenvalue weighted by Crippen LogP contribution is -2.28. The van der Waals surface area contributed by atoms with E-state index < -0.39 is 0 Å². The Balaban J connectivity index is 2.31. The van der Waals surface area contributed by atoms with Gasteiger partial charge in [0.05, 0.1) is 19.5 Å². The molecule has 0 amide bonds. The lowest BCUT2D eigenvalue weighted by Gasteiger charge is -2.07. The first-order valence-electron chi connectivity index (χ1n) is 5.89. The Morgan fingerprint density at radius 3 is 2.14 bits per heavy atom. The van der Waals surface area contributed by atoms with Crippen LogP contribution in [0, 0.1) is 0 Å². The third-order valence-electron chi connectivity index (χ3n) is 2.12. The van der Waals surface area contributed by atoms with Crippen molar-refractivity contribution in [2.24, 2.45) is 10.2 Å². The molecule has 0 atom stereocenters. The summed E-state index contributed by atoms with van der Waals surface area (Å²) in [7, 11) is 3.31. The summed E-state index contributed by atoms with van der Waals surface area (Å²) in [6.07, 6.45) is 2.87. The molecule has 7 nitrogen and oxygen atoms in total. The molecule has 0 aliphatic heterocycles. The maximum atomic E-state index is 5.08. The number of nitrogens with one attached hydrogen (secondary N) is 4. The minimum Gasteiger partial charge on any atom is -0.497 e. The summed E-state index contributed by atoms with van der Waals surface area (Å²) in [6, 6.07) is 7.36. The number of hydrazone groups is 2. The van der Waals surface area contributed by atoms with E-state index in [1.165, 1.54) is 12.4 Å². The van der Waals surface area contributed by atoms with Crippen LogP contribution in [0.1, 0.15) is 0 Å². The Morgan fingerprint density at radius 2 is 1.62 bits per heavy atom. The number of nitrogens with zero attached hydrogens (tertiary/aromatic N) is 2. The van der Waals surface area contributed by atoms with Gasteiger partial charge in [-0.3, -0.25) is 10.9 Å². The molecule has 0 aromatic heterocycles. The van der Waals surface area contributed by atoms with Gasteiger partial charge in [-0.05, 0) is 48.7 Å². The lowest BCUT2D eigenvalue weighted by atomic mass is 10.3. The number of hydrogen-bond acceptors (Lipinski definition) is 5. The topological polar surface area (TPSA) is 82.1 Å². The molecule has 21 heavy (non-hydrogen) atoms. The highest BCUT2D eigenvalue weighted by atomic mass is 32.1. The number of rotatable bonds is 5. The fraction of sp³-hybridized carbons (Fsp3) is 0.167. The van der Waals surface area contributed by atoms with E-state index in [9.17, 15) is 0 Å². The number of methoxy groups -OCH3 is 1. The summed E-state index contributed by atoms with van der Waals surface area (Å²) in [4.78, 5) is 0. The van der Waals surface area contributed by atoms with Crippen molar-refractivity contribution in [2.75, 3.05) is 19.5 Å². The van der Waals surface area contributed by atoms with Gasteiger partial charge in [0, 0.05) is 12.7 Å². The largest absolute Gasteiger partial charge is 0.497 e. The van der Waals surface area contributed by atoms with Crippen molar-refractivity contribution < 1.29 is 4.74 Å². The van der Waals surface area contributed by atoms with E-state index in [0.717, 1.165) is 11.4 Å². The Morgan fingerprint density at radius 1 is 1.05 bits per heavy atom. The van der Waals surface area contributed by atoms with Crippen molar-refractivity contribution in [3.63, 3.8) is 0 Å². The molecule has 0 radical (unpaired) electrons. The number of benzene rings is 1. The molecule has 0 heterocycles. The van der Waals surface area contributed by atoms with Gasteiger partial charge in [0.2, 0.25) is 0 Å². The zero-order valence-corrected chi connectivity index (χ0v) is 13.2. The zero-order chi connectivity index (χ0) is 15.5. The van der Waals surface area contributed by atoms with Crippen LogP contribution in [0.25, 0.3) is 0 Å². The summed E-state index contributed by atoms with van der Waals surface area (Å²) >= 11 is 9.91. The second-order valence-electron chi connectivity index (χ2n) is 3.54. The van der Waals surface area contributed by atoms with Gasteiger partial charge < -0.3 is 15.4 Å². The quantitative estimate of drug-likeness (QED) is 0.366. The average molecular weight is 324 g/mol. The first-order chi connectivity index (χ1) is 10.2. The normalized spacial score (nSPS) is 10.4. The van der Waals surface area contributed by atoms with Crippen LogP contribution in [0.3, 0.4) is 0 Å². The molecule has 0 aliphatic carbocycles. The molecule has 0 unspecified atom stereocenters. The van der Waals surface area contributed by atoms with Crippen LogP contribution in [-0.4, -0.2) is 36.8 Å². The van der Waals surface area contributed by atoms with Crippen LogP contribution in [0.4, 0.5) is 5.69 Å². The van der Waals surface area contributed by atoms with Gasteiger partial charge in [-0.1, -0.05) is 0 Å². The van der Waals surface area contributed by atoms with E-state index >= 15 is 0 Å². The van der Waals surface area contributed by atoms with Gasteiger partial charge in [-0.25, -0.2) is 0 Å². The van der Waals surface area contributed by atoms with E-state index in [4.69, 9.17) is 29.2 Å². The van der Waals surface area contributed by atoms with Crippen molar-refractivity contribution in [1.82, 2.24) is 16.2 Å². The molecule has 0 saturated carbocycles. The lowest BCUT2D eigenvalue weighted by molar-refractivity contribution is 0.415. The average Bonchev–Trinajstić information content (AvgIpc) is 2.51. The van der Waals surface area contributed by atoms with Crippen molar-refractivity contribution in [3.05, 3.63) is 24.3 Å². The second kappa shape index (κ2) is 9.61. The molecule has 1 aromatic carbocycles. The molecule has 0 fully saturated rings. The van der Waals surface area contributed by atoms with E-state index in [0.29, 0.717) is 10.2 Å². The number of hydrogen-bond donors (Lipinski definition) is 4. The molecule has 1 rings (SSSR count). The number of ether oxygens (including phenoxy) is 1. The van der Waals surface area contributed by atoms with Crippen LogP contribution >= 0.6 is 24.4 Å². The van der Waals surface area contributed by atoms with Crippen molar-refractivity contribution in [3.8, 4) is 5.75 Å². The molecular formula is C12H16N6OS2. The Labute approximate surface area is 133 Å². The summed E-state index contributed by atoms with van der Waals surface area (Å²) in [5, 5.41) is 14.1. The van der Waals surface area contributed by atoms with Gasteiger partial charge in [-0.15, -0.1) is 0 Å². The monoisotopic (exact) mass is 324 g/mol. The molecule has 112 valence electrons. The highest BCUT2D eigenvalue weighted by Gasteiger charge is 1.96. The Bertz CT molecular complexity index is 529. The van der Waals surface area contributed by atoms with Gasteiger partial charge in [0.15, 0.2) is 10.2 Å². The van der Waals surface area contributed by atoms with E-state index in [-0.39, 0.29) is 0 Å². The van der Waals surface area contributed by atoms with Crippen molar-refractivity contribution >= 4 is 52.8 Å². The number of anilines is 1. The van der Waals surface area contributed by atoms with Crippen LogP contribution in [0.2, 0.25) is 0 Å². The highest BCUT2D eigenvalue weighted by Crippen LogP contribution is 2.14. The van der Waals surface area contributed by atoms with Crippen molar-refractivity contribution in [2.45, 2.75) is 0 Å². The van der Waals surface area contributed by atoms with Gasteiger partial charge in [0.1, 0.15) is 5.75 Å². The first-order valence-corrected chi connectivity index (χ1v) is 6.71. The predicted octanol–water partition coefficient (Wildman–Crippen LogP) is 1.05. The molecule has 4 N–H and O–H groups in total. The maximum absolute atomic E-state index is 5.08. The van der Waals surface area contributed by atoms with Crippen LogP contribution < -0.4 is 26.2 Å². The molecule has 0 saturated heterocycles. The van der Waals surface area contributed by atoms with Crippen molar-refractivity contribution in [1.29, 1.82) is 0 Å². The fourth-order valence-corrected chi connectivity index (χ4v) is 1.37. The smallest absolute Gasteiger partial charge is 0.191 e. The predicted molar refractivity (Wildman–Crippen MR) is 94.1 cm³/mol. The Kier molecular flexibility index (Phi) is 7.69. The third-order valence-corrected chi connectivity index (χ3v) is 2.61. The molecule has 0 spiro atoms. The van der Waals surface area contributed by atoms with Crippen LogP contribution in [-0.2, 0) is 0 Å². The van der Waals surface area contributed by atoms with E-state index in [1.807, 2.05) is 24.3 Å². The molecule has 1 aromatic rings. The minimum atomic E-state index is 0.364. The summed E-state index contributed by atoms with van der Waals surface area (Å²) < 4.78 is 5.07. The fourth-order valence-electron chi connectivity index (χ4n) is 1.15. The van der Waals surface area contributed by atoms with Crippen LogP contribution in [0.15, 0.2) is 34.5 Å². The van der Waals surface area contributed by atoms with E-state index in [1.54, 1.807) is 14.2 Å². The van der Waals surface area contributed by atoms with Gasteiger partial charge in [0.25, 0.3) is 0 Å². The summed E-state index contributed by atoms with van der Waals surface area (Å²) in [5.74, 6) is 0.778. The maximum Gasteiger partial charge on any atom is 0.191 e. The Hall–Kier alpha value is -2.26. The molecule has 0 bridgehead atoms. The summed E-state index contributed by atoms with van der Waals surface area (Å²) in [5.41, 5.74) is 6.07. The summed E-state index contributed by atoms with van der Waals surface area (Å²) in [6.45, 7) is 0. The molecule has 0 aliphatic rings. The second-order valence-corrected chi connectivity index (χ2v) is 4.36. The number of thiocarbonyl (C=S) groups is 2. The standard InChI is InChI=1S/C12H16N6OS2/c1-13-11(20)17-14-7-8-15-18-12(21)16-9-3-5-10(19-2)6-4-9/h3-8H,1-2H3,(H2,13,17,20)(H2,16,18,21)/b14-7+,15-8+. The van der Waals surface area contributed by atoms with Crippen LogP contribution in [0.5, 0.6) is 5.75 Å². The molecular weight excluding hydrogens is 308 g/mol. The highest BCUT2D eigenvalue weighted by molar-refractivity contribution is 7.80. The first kappa shape index (κ1) is 16.8. The van der Waals surface area contributed by atoms with E-state index in [2.05, 4.69) is 31.7 Å². The third kappa shape index (κ3) is 7.18. The zero-order valence-electron chi connectivity index (χ0n) is 11.6. The SMILES string of the molecule is CNC(=S)N/N=C/C=N/NC(=S)Nc1ccc(OC)cc1. The minimum absolute atomic E-state index is 0.364. The molecule has 9 heteroatoms. The van der Waals surface area contributed by atoms with Gasteiger partial charge >= 0.3 is 0 Å².